The van der Waals surface area contributed by atoms with Crippen LogP contribution in [0, 0.1) is 0 Å². The lowest BCUT2D eigenvalue weighted by Crippen LogP contribution is -2.50. The van der Waals surface area contributed by atoms with Crippen molar-refractivity contribution in [3.05, 3.63) is 0 Å². The second-order valence-corrected chi connectivity index (χ2v) is 17.1. The molecular formula is C14H36NO2Si3. The molecule has 0 fully saturated rings. The molecule has 0 rings (SSSR count). The van der Waals surface area contributed by atoms with E-state index in [0.29, 0.717) is 0 Å². The minimum absolute atomic E-state index is 0.666. The molecule has 0 N–H and O–H groups in total. The van der Waals surface area contributed by atoms with Gasteiger partial charge in [0, 0.05) is 0 Å². The summed E-state index contributed by atoms with van der Waals surface area (Å²) in [5.41, 5.74) is 0. The van der Waals surface area contributed by atoms with Crippen LogP contribution in [-0.2, 0) is 8.23 Å². The van der Waals surface area contributed by atoms with Gasteiger partial charge in [0.2, 0.25) is 0 Å². The highest BCUT2D eigenvalue weighted by atomic mass is 28.5. The van der Waals surface area contributed by atoms with Gasteiger partial charge in [-0.25, -0.2) is 0 Å². The van der Waals surface area contributed by atoms with E-state index < -0.39 is 25.9 Å². The standard InChI is InChI=1S/C14H36NO2Si3/c1-9-10-13-20(8,14-11-12-15(2)3)17-19(6,7)16-18(4)5/h9-14H2,1-8H3. The van der Waals surface area contributed by atoms with Gasteiger partial charge in [-0.05, 0) is 71.9 Å². The van der Waals surface area contributed by atoms with Crippen LogP contribution in [0.1, 0.15) is 26.2 Å². The van der Waals surface area contributed by atoms with E-state index >= 15 is 0 Å². The summed E-state index contributed by atoms with van der Waals surface area (Å²) in [5, 5.41) is 0. The molecular weight excluding hydrogens is 298 g/mol. The second-order valence-electron chi connectivity index (χ2n) is 6.97. The van der Waals surface area contributed by atoms with Gasteiger partial charge in [0.15, 0.2) is 17.4 Å². The van der Waals surface area contributed by atoms with Crippen LogP contribution in [0.5, 0.6) is 0 Å². The van der Waals surface area contributed by atoms with E-state index in [9.17, 15) is 0 Å². The van der Waals surface area contributed by atoms with E-state index in [1.54, 1.807) is 0 Å². The Morgan fingerprint density at radius 2 is 1.55 bits per heavy atom. The Morgan fingerprint density at radius 1 is 1.00 bits per heavy atom. The number of rotatable bonds is 11. The minimum atomic E-state index is -1.94. The summed E-state index contributed by atoms with van der Waals surface area (Å²) in [6, 6.07) is 2.55. The SMILES string of the molecule is CCCC[Si](C)(CCCN(C)C)O[Si](C)(C)O[Si](C)C. The summed E-state index contributed by atoms with van der Waals surface area (Å²) in [6.45, 7) is 14.7. The largest absolute Gasteiger partial charge is 0.437 e. The molecule has 0 aliphatic rings. The lowest BCUT2D eigenvalue weighted by Gasteiger charge is -2.37. The van der Waals surface area contributed by atoms with Crippen molar-refractivity contribution in [3.63, 3.8) is 0 Å². The second kappa shape index (κ2) is 9.53. The molecule has 20 heavy (non-hydrogen) atoms. The Hall–Kier alpha value is 0.531. The van der Waals surface area contributed by atoms with Crippen LogP contribution in [0.15, 0.2) is 0 Å². The third-order valence-electron chi connectivity index (χ3n) is 3.31. The molecule has 1 unspecified atom stereocenters. The Balaban J connectivity index is 4.58. The average Bonchev–Trinajstić information content (AvgIpc) is 2.23. The quantitative estimate of drug-likeness (QED) is 0.526. The van der Waals surface area contributed by atoms with Gasteiger partial charge < -0.3 is 13.1 Å². The predicted molar refractivity (Wildman–Crippen MR) is 96.4 cm³/mol. The van der Waals surface area contributed by atoms with Crippen molar-refractivity contribution in [2.75, 3.05) is 20.6 Å². The summed E-state index contributed by atoms with van der Waals surface area (Å²) in [5.74, 6) is 0. The number of hydrogen-bond donors (Lipinski definition) is 0. The van der Waals surface area contributed by atoms with Gasteiger partial charge in [-0.2, -0.15) is 0 Å². The van der Waals surface area contributed by atoms with E-state index in [0.717, 1.165) is 6.54 Å². The van der Waals surface area contributed by atoms with Gasteiger partial charge in [-0.15, -0.1) is 0 Å². The third-order valence-corrected chi connectivity index (χ3v) is 13.7. The van der Waals surface area contributed by atoms with E-state index in [1.807, 2.05) is 0 Å². The summed E-state index contributed by atoms with van der Waals surface area (Å²) in [7, 11) is 0.0839. The molecule has 3 nitrogen and oxygen atoms in total. The zero-order chi connectivity index (χ0) is 15.8. The number of nitrogens with zero attached hydrogens (tertiary/aromatic N) is 1. The number of unbranched alkanes of at least 4 members (excludes halogenated alkanes) is 1. The van der Waals surface area contributed by atoms with Gasteiger partial charge in [0.05, 0.1) is 0 Å². The zero-order valence-corrected chi connectivity index (χ0v) is 18.0. The fraction of sp³-hybridized carbons (Fsp3) is 1.00. The molecule has 0 aliphatic heterocycles. The molecule has 0 saturated carbocycles. The van der Waals surface area contributed by atoms with Crippen molar-refractivity contribution in [1.29, 1.82) is 0 Å². The van der Waals surface area contributed by atoms with Crippen molar-refractivity contribution in [1.82, 2.24) is 4.90 Å². The minimum Gasteiger partial charge on any atom is -0.437 e. The lowest BCUT2D eigenvalue weighted by molar-refractivity contribution is 0.382. The van der Waals surface area contributed by atoms with Gasteiger partial charge in [-0.3, -0.25) is 0 Å². The molecule has 0 aromatic carbocycles. The molecule has 0 aromatic rings. The van der Waals surface area contributed by atoms with Crippen LogP contribution < -0.4 is 0 Å². The summed E-state index contributed by atoms with van der Waals surface area (Å²) >= 11 is 0. The van der Waals surface area contributed by atoms with E-state index in [4.69, 9.17) is 8.23 Å². The van der Waals surface area contributed by atoms with Gasteiger partial charge in [0.25, 0.3) is 0 Å². The maximum atomic E-state index is 6.68. The fourth-order valence-corrected chi connectivity index (χ4v) is 14.9. The molecule has 0 aromatic heterocycles. The van der Waals surface area contributed by atoms with Crippen LogP contribution in [0.3, 0.4) is 0 Å². The van der Waals surface area contributed by atoms with Gasteiger partial charge >= 0.3 is 8.56 Å². The van der Waals surface area contributed by atoms with Crippen molar-refractivity contribution >= 4 is 25.9 Å². The van der Waals surface area contributed by atoms with Crippen LogP contribution in [0.25, 0.3) is 0 Å². The molecule has 0 amide bonds. The molecule has 121 valence electrons. The van der Waals surface area contributed by atoms with Crippen molar-refractivity contribution < 1.29 is 8.23 Å². The smallest absolute Gasteiger partial charge is 0.311 e. The Morgan fingerprint density at radius 3 is 2.00 bits per heavy atom. The van der Waals surface area contributed by atoms with Crippen molar-refractivity contribution in [2.24, 2.45) is 0 Å². The first-order valence-corrected chi connectivity index (χ1v) is 16.0. The van der Waals surface area contributed by atoms with Crippen LogP contribution in [0.4, 0.5) is 0 Å². The molecule has 1 radical (unpaired) electrons. The van der Waals surface area contributed by atoms with Gasteiger partial charge in [-0.1, -0.05) is 19.8 Å². The molecule has 0 saturated heterocycles. The Kier molecular flexibility index (Phi) is 9.78. The van der Waals surface area contributed by atoms with Crippen molar-refractivity contribution in [3.8, 4) is 0 Å². The van der Waals surface area contributed by atoms with Crippen LogP contribution in [-0.4, -0.2) is 51.5 Å². The lowest BCUT2D eigenvalue weighted by atomic mass is 10.4. The first-order chi connectivity index (χ1) is 9.10. The maximum absolute atomic E-state index is 6.68. The Bertz CT molecular complexity index is 263. The molecule has 6 heteroatoms. The van der Waals surface area contributed by atoms with Crippen molar-refractivity contribution in [2.45, 2.75) is 71.0 Å². The summed E-state index contributed by atoms with van der Waals surface area (Å²) in [4.78, 5) is 2.27. The molecule has 0 spiro atoms. The summed E-state index contributed by atoms with van der Waals surface area (Å²) < 4.78 is 12.9. The fourth-order valence-electron chi connectivity index (χ4n) is 2.65. The zero-order valence-electron chi connectivity index (χ0n) is 15.0. The van der Waals surface area contributed by atoms with Gasteiger partial charge in [0.1, 0.15) is 0 Å². The number of hydrogen-bond acceptors (Lipinski definition) is 3. The monoisotopic (exact) mass is 334 g/mol. The summed E-state index contributed by atoms with van der Waals surface area (Å²) in [6.07, 6.45) is 3.81. The molecule has 1 atom stereocenters. The molecule has 0 aliphatic carbocycles. The predicted octanol–water partition coefficient (Wildman–Crippen LogP) is 4.30. The van der Waals surface area contributed by atoms with E-state index in [2.05, 4.69) is 58.7 Å². The highest BCUT2D eigenvalue weighted by Gasteiger charge is 2.37. The molecule has 0 heterocycles. The maximum Gasteiger partial charge on any atom is 0.311 e. The topological polar surface area (TPSA) is 21.7 Å². The van der Waals surface area contributed by atoms with E-state index in [1.165, 1.54) is 31.4 Å². The highest BCUT2D eigenvalue weighted by molar-refractivity contribution is 6.85. The first-order valence-electron chi connectivity index (χ1n) is 7.94. The first kappa shape index (κ1) is 20.5. The van der Waals surface area contributed by atoms with Crippen LogP contribution in [0.2, 0.25) is 44.8 Å². The molecule has 0 bridgehead atoms. The van der Waals surface area contributed by atoms with E-state index in [-0.39, 0.29) is 0 Å². The normalized spacial score (nSPS) is 15.9. The average molecular weight is 335 g/mol. The Labute approximate surface area is 131 Å². The third kappa shape index (κ3) is 10.3. The highest BCUT2D eigenvalue weighted by Crippen LogP contribution is 2.27. The van der Waals surface area contributed by atoms with Crippen LogP contribution >= 0.6 is 0 Å².